The smallest absolute Gasteiger partial charge is 0.405 e. The van der Waals surface area contributed by atoms with Crippen molar-refractivity contribution in [3.8, 4) is 11.5 Å². The van der Waals surface area contributed by atoms with Crippen LogP contribution >= 0.6 is 0 Å². The highest BCUT2D eigenvalue weighted by Gasteiger charge is 2.38. The number of hydrogen-bond donors (Lipinski definition) is 2. The molecule has 254 valence electrons. The molecule has 2 aromatic carbocycles. The molecule has 5 rings (SSSR count). The molecule has 2 saturated heterocycles. The first kappa shape index (κ1) is 34.2. The number of nitrogens with one attached hydrogen (secondary N) is 2. The lowest BCUT2D eigenvalue weighted by Gasteiger charge is -2.34. The molecule has 47 heavy (non-hydrogen) atoms. The van der Waals surface area contributed by atoms with Gasteiger partial charge in [0.15, 0.2) is 0 Å². The number of nitrogens with zero attached hydrogens (tertiary/aromatic N) is 3. The normalized spacial score (nSPS) is 23.3. The van der Waals surface area contributed by atoms with E-state index in [0.717, 1.165) is 42.8 Å². The number of carbonyl (C=O) groups is 4. The molecule has 0 unspecified atom stereocenters. The largest absolute Gasteiger partial charge is 0.457 e. The van der Waals surface area contributed by atoms with Crippen LogP contribution in [-0.4, -0.2) is 102 Å². The summed E-state index contributed by atoms with van der Waals surface area (Å²) in [6.45, 7) is 1.06. The summed E-state index contributed by atoms with van der Waals surface area (Å²) in [5.41, 5.74) is 1.33. The van der Waals surface area contributed by atoms with Crippen LogP contribution < -0.4 is 15.4 Å². The van der Waals surface area contributed by atoms with Gasteiger partial charge in [-0.2, -0.15) is 13.2 Å². The maximum Gasteiger partial charge on any atom is 0.405 e. The Labute approximate surface area is 272 Å². The third-order valence-corrected chi connectivity index (χ3v) is 9.06. The summed E-state index contributed by atoms with van der Waals surface area (Å²) in [6, 6.07) is 10.7. The number of fused-ring (bicyclic) bond motifs is 4. The van der Waals surface area contributed by atoms with Gasteiger partial charge in [-0.05, 0) is 74.2 Å². The number of rotatable bonds is 6. The second-order valence-electron chi connectivity index (χ2n) is 12.6. The number of ether oxygens (including phenoxy) is 1. The lowest BCUT2D eigenvalue weighted by atomic mass is 10.0. The Bertz CT molecular complexity index is 1450. The van der Waals surface area contributed by atoms with E-state index in [2.05, 4.69) is 10.2 Å². The van der Waals surface area contributed by atoms with Crippen molar-refractivity contribution in [2.75, 3.05) is 39.8 Å². The predicted octanol–water partition coefficient (Wildman–Crippen LogP) is 3.43. The van der Waals surface area contributed by atoms with E-state index in [1.54, 1.807) is 47.4 Å². The van der Waals surface area contributed by atoms with Crippen LogP contribution in [0.4, 0.5) is 13.2 Å². The highest BCUT2D eigenvalue weighted by molar-refractivity contribution is 5.94. The number of carbonyl (C=O) groups excluding carboxylic acids is 4. The van der Waals surface area contributed by atoms with E-state index in [0.29, 0.717) is 43.0 Å². The Morgan fingerprint density at radius 3 is 2.21 bits per heavy atom. The number of hydrogen-bond acceptors (Lipinski definition) is 6. The van der Waals surface area contributed by atoms with Crippen LogP contribution in [0.3, 0.4) is 0 Å². The lowest BCUT2D eigenvalue weighted by molar-refractivity contribution is -0.147. The molecule has 0 aromatic heterocycles. The summed E-state index contributed by atoms with van der Waals surface area (Å²) >= 11 is 0. The fraction of sp³-hybridized carbons (Fsp3) is 0.529. The minimum atomic E-state index is -4.65. The van der Waals surface area contributed by atoms with E-state index < -0.39 is 48.6 Å². The van der Waals surface area contributed by atoms with E-state index in [1.165, 1.54) is 7.05 Å². The van der Waals surface area contributed by atoms with Gasteiger partial charge in [-0.3, -0.25) is 19.2 Å². The molecule has 4 amide bonds. The molecular formula is C34H42F3N5O5. The molecule has 2 N–H and O–H groups in total. The first-order valence-electron chi connectivity index (χ1n) is 16.3. The zero-order chi connectivity index (χ0) is 33.6. The van der Waals surface area contributed by atoms with Crippen LogP contribution in [0.25, 0.3) is 0 Å². The van der Waals surface area contributed by atoms with Crippen LogP contribution in [0.1, 0.15) is 49.7 Å². The average molecular weight is 658 g/mol. The van der Waals surface area contributed by atoms with Gasteiger partial charge >= 0.3 is 6.18 Å². The van der Waals surface area contributed by atoms with Gasteiger partial charge in [0.25, 0.3) is 0 Å². The molecule has 0 aliphatic carbocycles. The highest BCUT2D eigenvalue weighted by Crippen LogP contribution is 2.27. The first-order chi connectivity index (χ1) is 22.5. The van der Waals surface area contributed by atoms with Crippen molar-refractivity contribution in [1.29, 1.82) is 0 Å². The number of alkyl halides is 3. The summed E-state index contributed by atoms with van der Waals surface area (Å²) in [6.07, 6.45) is -0.250. The Kier molecular flexibility index (Phi) is 11.1. The van der Waals surface area contributed by atoms with Crippen LogP contribution in [0.5, 0.6) is 11.5 Å². The maximum atomic E-state index is 14.2. The van der Waals surface area contributed by atoms with Gasteiger partial charge < -0.3 is 30.1 Å². The maximum absolute atomic E-state index is 14.2. The lowest BCUT2D eigenvalue weighted by Crippen LogP contribution is -2.58. The van der Waals surface area contributed by atoms with Crippen molar-refractivity contribution >= 4 is 23.6 Å². The van der Waals surface area contributed by atoms with Gasteiger partial charge in [-0.1, -0.05) is 30.7 Å². The van der Waals surface area contributed by atoms with Crippen molar-refractivity contribution in [1.82, 2.24) is 25.3 Å². The van der Waals surface area contributed by atoms with Crippen LogP contribution in [0, 0.1) is 0 Å². The molecule has 3 aliphatic heterocycles. The molecule has 3 atom stereocenters. The zero-order valence-corrected chi connectivity index (χ0v) is 26.6. The summed E-state index contributed by atoms with van der Waals surface area (Å²) in [7, 11) is 1.37. The molecule has 0 spiro atoms. The van der Waals surface area contributed by atoms with Crippen molar-refractivity contribution < 1.29 is 37.1 Å². The highest BCUT2D eigenvalue weighted by atomic mass is 19.4. The molecule has 0 radical (unpaired) electrons. The van der Waals surface area contributed by atoms with Gasteiger partial charge in [0, 0.05) is 39.4 Å². The Balaban J connectivity index is 1.53. The van der Waals surface area contributed by atoms with E-state index in [-0.39, 0.29) is 25.2 Å². The Morgan fingerprint density at radius 2 is 1.60 bits per heavy atom. The van der Waals surface area contributed by atoms with Gasteiger partial charge in [0.1, 0.15) is 36.2 Å². The molecule has 10 nitrogen and oxygen atoms in total. The van der Waals surface area contributed by atoms with Crippen molar-refractivity contribution in [2.45, 2.75) is 75.7 Å². The summed E-state index contributed by atoms with van der Waals surface area (Å²) in [4.78, 5) is 59.4. The number of halogens is 3. The molecule has 2 fully saturated rings. The van der Waals surface area contributed by atoms with Crippen molar-refractivity contribution in [3.05, 3.63) is 59.7 Å². The number of likely N-dealkylation sites (N-methyl/N-ethyl adjacent to an activating group) is 1. The number of amides is 4. The molecule has 0 saturated carbocycles. The van der Waals surface area contributed by atoms with Crippen LogP contribution in [0.2, 0.25) is 0 Å². The van der Waals surface area contributed by atoms with Gasteiger partial charge in [-0.25, -0.2) is 0 Å². The fourth-order valence-electron chi connectivity index (χ4n) is 6.53. The van der Waals surface area contributed by atoms with E-state index in [4.69, 9.17) is 4.74 Å². The average Bonchev–Trinajstić information content (AvgIpc) is 3.47. The quantitative estimate of drug-likeness (QED) is 0.493. The van der Waals surface area contributed by atoms with E-state index in [9.17, 15) is 32.3 Å². The number of benzene rings is 2. The van der Waals surface area contributed by atoms with Crippen LogP contribution in [-0.2, 0) is 32.0 Å². The first-order valence-corrected chi connectivity index (χ1v) is 16.3. The number of likely N-dealkylation sites (tertiary alicyclic amines) is 2. The van der Waals surface area contributed by atoms with Crippen molar-refractivity contribution in [3.63, 3.8) is 0 Å². The molecule has 13 heteroatoms. The standard InChI is InChI=1S/C34H42F3N5O5/c1-40-28(31(44)38-22-34(35,36)37)20-23-8-5-10-25(18-23)47-26-11-6-9-24(19-26)21-29(42-16-7-12-30(42)43)32(45)39-27(33(40)46)13-17-41-14-3-2-4-15-41/h5-6,8-11,18-19,27-29H,2-4,7,12-17,20-22H2,1H3,(H,38,44)(H,39,45)/t27-,28-,29-/m0/s1. The second kappa shape index (κ2) is 15.2. The minimum Gasteiger partial charge on any atom is -0.457 e. The second-order valence-corrected chi connectivity index (χ2v) is 12.6. The third kappa shape index (κ3) is 9.24. The Hall–Kier alpha value is -4.13. The monoisotopic (exact) mass is 657 g/mol. The fourth-order valence-corrected chi connectivity index (χ4v) is 6.53. The number of piperidine rings is 1. The third-order valence-electron chi connectivity index (χ3n) is 9.06. The molecule has 3 aliphatic rings. The van der Waals surface area contributed by atoms with Gasteiger partial charge in [0.05, 0.1) is 0 Å². The minimum absolute atomic E-state index is 0.0964. The molecule has 3 heterocycles. The topological polar surface area (TPSA) is 111 Å². The Morgan fingerprint density at radius 1 is 0.936 bits per heavy atom. The summed E-state index contributed by atoms with van der Waals surface area (Å²) < 4.78 is 45.5. The molecule has 2 aromatic rings. The van der Waals surface area contributed by atoms with Gasteiger partial charge in [-0.15, -0.1) is 0 Å². The summed E-state index contributed by atoms with van der Waals surface area (Å²) in [5.74, 6) is -1.32. The van der Waals surface area contributed by atoms with Gasteiger partial charge in [0.2, 0.25) is 23.6 Å². The van der Waals surface area contributed by atoms with E-state index >= 15 is 0 Å². The molecular weight excluding hydrogens is 615 g/mol. The molecule has 4 bridgehead atoms. The van der Waals surface area contributed by atoms with E-state index in [1.807, 2.05) is 11.4 Å². The predicted molar refractivity (Wildman–Crippen MR) is 168 cm³/mol. The van der Waals surface area contributed by atoms with Crippen molar-refractivity contribution in [2.24, 2.45) is 0 Å². The SMILES string of the molecule is CN1C(=O)[C@H](CCN2CCCCC2)NC(=O)[C@@H](N2CCCC2=O)Cc2cccc(c2)Oc2cccc(c2)C[C@H]1C(=O)NCC(F)(F)F. The zero-order valence-electron chi connectivity index (χ0n) is 26.6. The summed E-state index contributed by atoms with van der Waals surface area (Å²) in [5, 5.41) is 4.84. The van der Waals surface area contributed by atoms with Crippen LogP contribution in [0.15, 0.2) is 48.5 Å².